The average Bonchev–Trinajstić information content (AvgIpc) is 3.09. The quantitative estimate of drug-likeness (QED) is 0.474. The number of nitrogen functional groups attached to an aromatic ring is 1. The third kappa shape index (κ3) is 4.09. The van der Waals surface area contributed by atoms with Crippen LogP contribution in [-0.4, -0.2) is 38.9 Å². The van der Waals surface area contributed by atoms with E-state index in [1.54, 1.807) is 16.2 Å². The molecule has 1 saturated heterocycles. The minimum atomic E-state index is -0.0897. The first-order valence-corrected chi connectivity index (χ1v) is 11.2. The summed E-state index contributed by atoms with van der Waals surface area (Å²) in [5.41, 5.74) is 9.65. The molecule has 0 aliphatic carbocycles. The average molecular weight is 445 g/mol. The smallest absolute Gasteiger partial charge is 0.329 e. The van der Waals surface area contributed by atoms with Gasteiger partial charge in [-0.05, 0) is 30.5 Å². The summed E-state index contributed by atoms with van der Waals surface area (Å²) < 4.78 is 9.00. The molecule has 0 amide bonds. The number of rotatable bonds is 6. The standard InChI is InChI=1S/C25H28N6O2/c1-30-20-9-5-6-10-21(20)31(24(30)32)16-19-15-22(29-23(26)28-19)27-17-25(11-13-33-14-12-25)18-7-3-2-4-8-18/h2-10,15H,11-14,16-17H2,1H3,(H3,26,27,28,29). The number of fused-ring (bicyclic) bond motifs is 1. The molecular formula is C25H28N6O2. The number of anilines is 2. The van der Waals surface area contributed by atoms with Gasteiger partial charge >= 0.3 is 5.69 Å². The van der Waals surface area contributed by atoms with Gasteiger partial charge in [0.2, 0.25) is 5.95 Å². The Morgan fingerprint density at radius 1 is 1.03 bits per heavy atom. The Balaban J connectivity index is 1.42. The molecule has 0 atom stereocenters. The zero-order chi connectivity index (χ0) is 22.8. The molecule has 0 bridgehead atoms. The van der Waals surface area contributed by atoms with Crippen molar-refractivity contribution in [3.05, 3.63) is 82.4 Å². The van der Waals surface area contributed by atoms with Gasteiger partial charge in [-0.25, -0.2) is 9.78 Å². The number of hydrogen-bond acceptors (Lipinski definition) is 6. The molecule has 0 unspecified atom stereocenters. The number of aromatic nitrogens is 4. The largest absolute Gasteiger partial charge is 0.381 e. The Bertz CT molecular complexity index is 1320. The molecule has 1 fully saturated rings. The van der Waals surface area contributed by atoms with Crippen LogP contribution in [0.4, 0.5) is 11.8 Å². The zero-order valence-corrected chi connectivity index (χ0v) is 18.7. The molecule has 2 aromatic heterocycles. The third-order valence-corrected chi connectivity index (χ3v) is 6.61. The predicted molar refractivity (Wildman–Crippen MR) is 129 cm³/mol. The second-order valence-electron chi connectivity index (χ2n) is 8.63. The van der Waals surface area contributed by atoms with E-state index in [-0.39, 0.29) is 17.1 Å². The van der Waals surface area contributed by atoms with Crippen molar-refractivity contribution in [2.24, 2.45) is 7.05 Å². The van der Waals surface area contributed by atoms with E-state index < -0.39 is 0 Å². The summed E-state index contributed by atoms with van der Waals surface area (Å²) in [6.45, 7) is 2.50. The molecule has 33 heavy (non-hydrogen) atoms. The molecule has 5 rings (SSSR count). The fraction of sp³-hybridized carbons (Fsp3) is 0.320. The SMILES string of the molecule is Cn1c(=O)n(Cc2cc(NCC3(c4ccccc4)CCOCC3)nc(N)n2)c2ccccc21. The van der Waals surface area contributed by atoms with Crippen molar-refractivity contribution in [3.63, 3.8) is 0 Å². The van der Waals surface area contributed by atoms with Crippen molar-refractivity contribution in [1.82, 2.24) is 19.1 Å². The second kappa shape index (κ2) is 8.71. The van der Waals surface area contributed by atoms with Crippen molar-refractivity contribution in [2.45, 2.75) is 24.8 Å². The van der Waals surface area contributed by atoms with Crippen LogP contribution in [0.3, 0.4) is 0 Å². The van der Waals surface area contributed by atoms with Crippen molar-refractivity contribution in [2.75, 3.05) is 30.8 Å². The number of aryl methyl sites for hydroxylation is 1. The van der Waals surface area contributed by atoms with Crippen LogP contribution < -0.4 is 16.7 Å². The van der Waals surface area contributed by atoms with E-state index in [1.807, 2.05) is 36.4 Å². The predicted octanol–water partition coefficient (Wildman–Crippen LogP) is 2.92. The highest BCUT2D eigenvalue weighted by Gasteiger charge is 2.34. The molecule has 8 heteroatoms. The highest BCUT2D eigenvalue weighted by Crippen LogP contribution is 2.35. The number of ether oxygens (including phenoxy) is 1. The lowest BCUT2D eigenvalue weighted by molar-refractivity contribution is 0.0543. The first-order chi connectivity index (χ1) is 16.1. The highest BCUT2D eigenvalue weighted by atomic mass is 16.5. The molecule has 1 aliphatic rings. The summed E-state index contributed by atoms with van der Waals surface area (Å²) in [6, 6.07) is 20.2. The zero-order valence-electron chi connectivity index (χ0n) is 18.7. The minimum absolute atomic E-state index is 0.0358. The van der Waals surface area contributed by atoms with Crippen molar-refractivity contribution in [1.29, 1.82) is 0 Å². The fourth-order valence-corrected chi connectivity index (χ4v) is 4.75. The molecule has 4 aromatic rings. The lowest BCUT2D eigenvalue weighted by atomic mass is 9.74. The van der Waals surface area contributed by atoms with Gasteiger partial charge in [0.25, 0.3) is 0 Å². The number of hydrogen-bond donors (Lipinski definition) is 2. The van der Waals surface area contributed by atoms with Crippen molar-refractivity contribution < 1.29 is 4.74 Å². The van der Waals surface area contributed by atoms with Gasteiger partial charge in [0, 0.05) is 38.3 Å². The van der Waals surface area contributed by atoms with E-state index in [9.17, 15) is 4.79 Å². The Morgan fingerprint density at radius 3 is 2.48 bits per heavy atom. The molecule has 0 spiro atoms. The fourth-order valence-electron chi connectivity index (χ4n) is 4.75. The summed E-state index contributed by atoms with van der Waals surface area (Å²) in [4.78, 5) is 21.6. The van der Waals surface area contributed by atoms with Gasteiger partial charge in [0.1, 0.15) is 5.82 Å². The van der Waals surface area contributed by atoms with Gasteiger partial charge in [-0.15, -0.1) is 0 Å². The third-order valence-electron chi connectivity index (χ3n) is 6.61. The van der Waals surface area contributed by atoms with Gasteiger partial charge in [0.05, 0.1) is 23.3 Å². The topological polar surface area (TPSA) is 100.0 Å². The van der Waals surface area contributed by atoms with Crippen LogP contribution in [0, 0.1) is 0 Å². The number of nitrogens with zero attached hydrogens (tertiary/aromatic N) is 4. The molecule has 0 saturated carbocycles. The highest BCUT2D eigenvalue weighted by molar-refractivity contribution is 5.76. The first-order valence-electron chi connectivity index (χ1n) is 11.2. The number of nitrogens with two attached hydrogens (primary N) is 1. The summed E-state index contributed by atoms with van der Waals surface area (Å²) in [6.07, 6.45) is 1.87. The van der Waals surface area contributed by atoms with Gasteiger partial charge in [-0.1, -0.05) is 42.5 Å². The lowest BCUT2D eigenvalue weighted by Gasteiger charge is -2.38. The van der Waals surface area contributed by atoms with Crippen LogP contribution in [0.2, 0.25) is 0 Å². The minimum Gasteiger partial charge on any atom is -0.381 e. The maximum Gasteiger partial charge on any atom is 0.329 e. The normalized spacial score (nSPS) is 15.5. The molecule has 8 nitrogen and oxygen atoms in total. The van der Waals surface area contributed by atoms with Gasteiger partial charge in [-0.2, -0.15) is 4.98 Å². The lowest BCUT2D eigenvalue weighted by Crippen LogP contribution is -2.40. The van der Waals surface area contributed by atoms with Crippen LogP contribution in [0.5, 0.6) is 0 Å². The van der Waals surface area contributed by atoms with Gasteiger partial charge < -0.3 is 15.8 Å². The molecular weight excluding hydrogens is 416 g/mol. The van der Waals surface area contributed by atoms with Crippen LogP contribution in [-0.2, 0) is 23.7 Å². The number of imidazole rings is 1. The molecule has 3 N–H and O–H groups in total. The Labute approximate surface area is 192 Å². The van der Waals surface area contributed by atoms with Gasteiger partial charge in [0.15, 0.2) is 0 Å². The monoisotopic (exact) mass is 444 g/mol. The molecule has 0 radical (unpaired) electrons. The first kappa shape index (κ1) is 21.2. The summed E-state index contributed by atoms with van der Waals surface area (Å²) in [5, 5.41) is 3.50. The van der Waals surface area contributed by atoms with Crippen LogP contribution in [0.1, 0.15) is 24.1 Å². The summed E-state index contributed by atoms with van der Waals surface area (Å²) in [5.74, 6) is 0.844. The maximum atomic E-state index is 12.8. The number of para-hydroxylation sites is 2. The van der Waals surface area contributed by atoms with Crippen LogP contribution in [0.25, 0.3) is 11.0 Å². The van der Waals surface area contributed by atoms with E-state index >= 15 is 0 Å². The van der Waals surface area contributed by atoms with E-state index in [2.05, 4.69) is 39.6 Å². The van der Waals surface area contributed by atoms with Crippen LogP contribution in [0.15, 0.2) is 65.5 Å². The molecule has 170 valence electrons. The maximum absolute atomic E-state index is 12.8. The Hall–Kier alpha value is -3.65. The summed E-state index contributed by atoms with van der Waals surface area (Å²) in [7, 11) is 1.78. The van der Waals surface area contributed by atoms with E-state index in [0.717, 1.165) is 37.1 Å². The van der Waals surface area contributed by atoms with Gasteiger partial charge in [-0.3, -0.25) is 9.13 Å². The Kier molecular flexibility index (Phi) is 5.60. The van der Waals surface area contributed by atoms with E-state index in [4.69, 9.17) is 10.5 Å². The Morgan fingerprint density at radius 2 is 1.73 bits per heavy atom. The molecule has 3 heterocycles. The van der Waals surface area contributed by atoms with Crippen molar-refractivity contribution in [3.8, 4) is 0 Å². The molecule has 2 aromatic carbocycles. The summed E-state index contributed by atoms with van der Waals surface area (Å²) >= 11 is 0. The van der Waals surface area contributed by atoms with E-state index in [1.165, 1.54) is 5.56 Å². The van der Waals surface area contributed by atoms with Crippen LogP contribution >= 0.6 is 0 Å². The molecule has 1 aliphatic heterocycles. The number of nitrogens with one attached hydrogen (secondary N) is 1. The second-order valence-corrected chi connectivity index (χ2v) is 8.63. The van der Waals surface area contributed by atoms with Crippen molar-refractivity contribution >= 4 is 22.8 Å². The van der Waals surface area contributed by atoms with E-state index in [0.29, 0.717) is 24.6 Å². The number of benzene rings is 2.